The highest BCUT2D eigenvalue weighted by molar-refractivity contribution is 8.17. The predicted molar refractivity (Wildman–Crippen MR) is 91.3 cm³/mol. The van der Waals surface area contributed by atoms with E-state index in [9.17, 15) is 4.39 Å². The fourth-order valence-corrected chi connectivity index (χ4v) is 3.11. The van der Waals surface area contributed by atoms with Crippen LogP contribution in [0, 0.1) is 5.95 Å². The summed E-state index contributed by atoms with van der Waals surface area (Å²) in [4.78, 5) is 6.85. The van der Waals surface area contributed by atoms with E-state index in [1.54, 1.807) is 18.2 Å². The largest absolute Gasteiger partial charge is 0.357 e. The van der Waals surface area contributed by atoms with E-state index in [0.717, 1.165) is 25.9 Å². The van der Waals surface area contributed by atoms with Crippen molar-refractivity contribution in [2.45, 2.75) is 12.8 Å². The molecule has 0 bridgehead atoms. The average Bonchev–Trinajstić information content (AvgIpc) is 3.02. The highest BCUT2D eigenvalue weighted by atomic mass is 35.5. The monoisotopic (exact) mass is 336 g/mol. The molecule has 0 saturated carbocycles. The molecule has 2 aliphatic rings. The number of hydrogen-bond donors (Lipinski definition) is 0. The predicted octanol–water partition coefficient (Wildman–Crippen LogP) is 3.94. The Morgan fingerprint density at radius 2 is 1.95 bits per heavy atom. The highest BCUT2D eigenvalue weighted by Crippen LogP contribution is 2.27. The van der Waals surface area contributed by atoms with Gasteiger partial charge in [-0.25, -0.2) is 4.98 Å². The highest BCUT2D eigenvalue weighted by Gasteiger charge is 2.18. The minimum absolute atomic E-state index is 0.223. The van der Waals surface area contributed by atoms with Crippen LogP contribution in [0.1, 0.15) is 18.4 Å². The first kappa shape index (κ1) is 15.2. The second-order valence-electron chi connectivity index (χ2n) is 4.93. The fraction of sp³-hybridized carbons (Fsp3) is 0.267. The summed E-state index contributed by atoms with van der Waals surface area (Å²) in [5.41, 5.74) is 0.303. The maximum absolute atomic E-state index is 14.4. The summed E-state index contributed by atoms with van der Waals surface area (Å²) in [5, 5.41) is 8.45. The Morgan fingerprint density at radius 3 is 2.68 bits per heavy atom. The van der Waals surface area contributed by atoms with E-state index in [4.69, 9.17) is 11.6 Å². The fourth-order valence-electron chi connectivity index (χ4n) is 2.28. The number of rotatable bonds is 2. The first-order chi connectivity index (χ1) is 10.6. The zero-order valence-corrected chi connectivity index (χ0v) is 13.4. The van der Waals surface area contributed by atoms with Gasteiger partial charge < -0.3 is 4.90 Å². The molecule has 3 heterocycles. The van der Waals surface area contributed by atoms with Crippen molar-refractivity contribution in [1.82, 2.24) is 4.98 Å². The molecule has 0 aliphatic carbocycles. The van der Waals surface area contributed by atoms with Gasteiger partial charge in [0, 0.05) is 18.0 Å². The molecule has 0 radical (unpaired) electrons. The van der Waals surface area contributed by atoms with Crippen molar-refractivity contribution in [3.63, 3.8) is 0 Å². The number of pyridine rings is 1. The second kappa shape index (κ2) is 6.62. The molecule has 3 rings (SSSR count). The zero-order valence-electron chi connectivity index (χ0n) is 11.8. The number of halogens is 2. The van der Waals surface area contributed by atoms with Crippen LogP contribution in [0.2, 0.25) is 0 Å². The topological polar surface area (TPSA) is 40.9 Å². The number of allylic oxidation sites excluding steroid dienone is 2. The van der Waals surface area contributed by atoms with Gasteiger partial charge in [-0.2, -0.15) is 4.39 Å². The van der Waals surface area contributed by atoms with Crippen LogP contribution < -0.4 is 4.90 Å². The summed E-state index contributed by atoms with van der Waals surface area (Å²) in [5.74, 6) is 0.106. The van der Waals surface area contributed by atoms with E-state index in [0.29, 0.717) is 21.3 Å². The SMILES string of the molecule is C=C1\C=C/C(Cl)=N\N=C(\c2ccc(N3CCCC3)nc2F)S1. The number of anilines is 1. The van der Waals surface area contributed by atoms with Crippen molar-refractivity contribution in [3.8, 4) is 0 Å². The van der Waals surface area contributed by atoms with Gasteiger partial charge in [0.1, 0.15) is 10.9 Å². The summed E-state index contributed by atoms with van der Waals surface area (Å²) in [6.45, 7) is 5.71. The summed E-state index contributed by atoms with van der Waals surface area (Å²) in [7, 11) is 0. The van der Waals surface area contributed by atoms with E-state index in [1.165, 1.54) is 11.8 Å². The summed E-state index contributed by atoms with van der Waals surface area (Å²) in [6.07, 6.45) is 5.55. The molecule has 1 aromatic heterocycles. The Bertz CT molecular complexity index is 693. The van der Waals surface area contributed by atoms with Crippen LogP contribution >= 0.6 is 23.4 Å². The van der Waals surface area contributed by atoms with Crippen LogP contribution in [0.4, 0.5) is 10.2 Å². The van der Waals surface area contributed by atoms with Crippen molar-refractivity contribution in [1.29, 1.82) is 0 Å². The van der Waals surface area contributed by atoms with E-state index in [-0.39, 0.29) is 5.17 Å². The molecule has 1 saturated heterocycles. The zero-order chi connectivity index (χ0) is 15.5. The lowest BCUT2D eigenvalue weighted by atomic mass is 10.3. The van der Waals surface area contributed by atoms with Crippen molar-refractivity contribution in [3.05, 3.63) is 47.3 Å². The quantitative estimate of drug-likeness (QED) is 0.768. The molecule has 7 heteroatoms. The van der Waals surface area contributed by atoms with E-state index < -0.39 is 5.95 Å². The smallest absolute Gasteiger partial charge is 0.224 e. The van der Waals surface area contributed by atoms with Gasteiger partial charge in [-0.05, 0) is 37.1 Å². The Kier molecular flexibility index (Phi) is 4.59. The molecule has 0 aromatic carbocycles. The summed E-state index contributed by atoms with van der Waals surface area (Å²) < 4.78 is 14.4. The number of nitrogens with zero attached hydrogens (tertiary/aromatic N) is 4. The van der Waals surface area contributed by atoms with Crippen molar-refractivity contribution < 1.29 is 4.39 Å². The summed E-state index contributed by atoms with van der Waals surface area (Å²) >= 11 is 7.09. The molecule has 1 aromatic rings. The third-order valence-electron chi connectivity index (χ3n) is 3.37. The first-order valence-corrected chi connectivity index (χ1v) is 8.11. The lowest BCUT2D eigenvalue weighted by molar-refractivity contribution is 0.580. The van der Waals surface area contributed by atoms with Gasteiger partial charge in [0.15, 0.2) is 5.17 Å². The van der Waals surface area contributed by atoms with Gasteiger partial charge in [-0.3, -0.25) is 0 Å². The standard InChI is InChI=1S/C15H14ClFN4S/c1-10-4-6-12(16)19-20-15(22-10)11-5-7-13(18-14(11)17)21-8-2-3-9-21/h4-7H,1-3,8-9H2/b6-4-,19-12+,20-15-. The number of hydrogen-bond acceptors (Lipinski definition) is 5. The lowest BCUT2D eigenvalue weighted by Gasteiger charge is -2.17. The minimum Gasteiger partial charge on any atom is -0.357 e. The molecule has 0 unspecified atom stereocenters. The van der Waals surface area contributed by atoms with E-state index in [2.05, 4.69) is 26.7 Å². The van der Waals surface area contributed by atoms with Crippen LogP contribution in [-0.2, 0) is 0 Å². The Hall–Kier alpha value is -1.66. The van der Waals surface area contributed by atoms with Gasteiger partial charge in [0.25, 0.3) is 0 Å². The van der Waals surface area contributed by atoms with Gasteiger partial charge in [0.2, 0.25) is 5.95 Å². The molecule has 22 heavy (non-hydrogen) atoms. The average molecular weight is 337 g/mol. The molecule has 114 valence electrons. The van der Waals surface area contributed by atoms with Crippen molar-refractivity contribution >= 4 is 39.4 Å². The molecule has 0 N–H and O–H groups in total. The van der Waals surface area contributed by atoms with Crippen molar-refractivity contribution in [2.75, 3.05) is 18.0 Å². The van der Waals surface area contributed by atoms with E-state index in [1.807, 2.05) is 6.07 Å². The Morgan fingerprint density at radius 1 is 1.18 bits per heavy atom. The molecule has 4 nitrogen and oxygen atoms in total. The van der Waals surface area contributed by atoms with Crippen LogP contribution in [0.5, 0.6) is 0 Å². The van der Waals surface area contributed by atoms with Gasteiger partial charge >= 0.3 is 0 Å². The molecular formula is C15H14ClFN4S. The van der Waals surface area contributed by atoms with E-state index >= 15 is 0 Å². The minimum atomic E-state index is -0.556. The Balaban J connectivity index is 1.92. The number of aromatic nitrogens is 1. The third kappa shape index (κ3) is 3.39. The molecule has 0 amide bonds. The van der Waals surface area contributed by atoms with Crippen LogP contribution in [0.25, 0.3) is 0 Å². The second-order valence-corrected chi connectivity index (χ2v) is 6.43. The normalized spacial score (nSPS) is 25.0. The van der Waals surface area contributed by atoms with Gasteiger partial charge in [-0.15, -0.1) is 10.2 Å². The Labute approximate surface area is 137 Å². The maximum Gasteiger partial charge on any atom is 0.224 e. The molecule has 2 aliphatic heterocycles. The number of thioether (sulfide) groups is 1. The first-order valence-electron chi connectivity index (χ1n) is 6.91. The van der Waals surface area contributed by atoms with Gasteiger partial charge in [-0.1, -0.05) is 29.9 Å². The summed E-state index contributed by atoms with van der Waals surface area (Å²) in [6, 6.07) is 3.50. The molecule has 1 fully saturated rings. The van der Waals surface area contributed by atoms with Gasteiger partial charge in [0.05, 0.1) is 5.56 Å². The van der Waals surface area contributed by atoms with Crippen LogP contribution in [-0.4, -0.2) is 28.3 Å². The molecular weight excluding hydrogens is 323 g/mol. The van der Waals surface area contributed by atoms with Crippen LogP contribution in [0.3, 0.4) is 0 Å². The van der Waals surface area contributed by atoms with Crippen LogP contribution in [0.15, 0.2) is 46.0 Å². The van der Waals surface area contributed by atoms with Crippen molar-refractivity contribution in [2.24, 2.45) is 10.2 Å². The third-order valence-corrected chi connectivity index (χ3v) is 4.46. The maximum atomic E-state index is 14.4. The molecule has 0 spiro atoms. The lowest BCUT2D eigenvalue weighted by Crippen LogP contribution is -2.19. The molecule has 0 atom stereocenters.